The Bertz CT molecular complexity index is 457. The number of amides is 1. The van der Waals surface area contributed by atoms with Crippen LogP contribution in [0.1, 0.15) is 26.6 Å². The molecule has 0 saturated heterocycles. The number of carbonyl (C=O) groups is 1. The van der Waals surface area contributed by atoms with Crippen LogP contribution in [0.25, 0.3) is 0 Å². The van der Waals surface area contributed by atoms with Gasteiger partial charge in [0.1, 0.15) is 11.6 Å². The minimum atomic E-state index is -0.163. The summed E-state index contributed by atoms with van der Waals surface area (Å²) in [6.07, 6.45) is 6.72. The molecule has 2 N–H and O–H groups in total. The molecule has 0 radical (unpaired) electrons. The number of nitrogens with one attached hydrogen (secondary N) is 2. The lowest BCUT2D eigenvalue weighted by molar-refractivity contribution is -0.119. The highest BCUT2D eigenvalue weighted by Gasteiger charge is 2.17. The van der Waals surface area contributed by atoms with Gasteiger partial charge in [-0.05, 0) is 6.07 Å². The van der Waals surface area contributed by atoms with Crippen molar-refractivity contribution in [1.29, 1.82) is 0 Å². The Morgan fingerprint density at radius 1 is 1.50 bits per heavy atom. The second kappa shape index (κ2) is 6.01. The number of aromatic nitrogens is 2. The minimum absolute atomic E-state index is 0.122. The average Bonchev–Trinajstić information content (AvgIpc) is 2.33. The van der Waals surface area contributed by atoms with Crippen LogP contribution in [0.3, 0.4) is 0 Å². The largest absolute Gasteiger partial charge is 0.361 e. The zero-order valence-corrected chi connectivity index (χ0v) is 10.9. The maximum absolute atomic E-state index is 11.3. The van der Waals surface area contributed by atoms with Crippen molar-refractivity contribution in [3.8, 4) is 12.3 Å². The molecule has 0 aromatic carbocycles. The first kappa shape index (κ1) is 14.0. The zero-order valence-electron chi connectivity index (χ0n) is 10.9. The smallest absolute Gasteiger partial charge is 0.240 e. The molecular formula is C13H18N4O. The van der Waals surface area contributed by atoms with Crippen LogP contribution in [0.4, 0.5) is 5.82 Å². The van der Waals surface area contributed by atoms with Crippen LogP contribution in [-0.2, 0) is 10.2 Å². The molecule has 0 spiro atoms. The molecule has 0 fully saturated rings. The number of terminal acetylenes is 1. The van der Waals surface area contributed by atoms with Crippen LogP contribution in [0.5, 0.6) is 0 Å². The third-order valence-corrected chi connectivity index (χ3v) is 2.14. The fraction of sp³-hybridized carbons (Fsp3) is 0.462. The molecule has 1 amide bonds. The second-order valence-electron chi connectivity index (χ2n) is 4.85. The third kappa shape index (κ3) is 4.42. The van der Waals surface area contributed by atoms with Gasteiger partial charge in [0.2, 0.25) is 5.91 Å². The van der Waals surface area contributed by atoms with Crippen LogP contribution in [0, 0.1) is 12.3 Å². The van der Waals surface area contributed by atoms with Crippen molar-refractivity contribution in [3.05, 3.63) is 18.1 Å². The summed E-state index contributed by atoms with van der Waals surface area (Å²) >= 11 is 0. The summed E-state index contributed by atoms with van der Waals surface area (Å²) in [4.78, 5) is 19.9. The topological polar surface area (TPSA) is 66.9 Å². The van der Waals surface area contributed by atoms with E-state index in [-0.39, 0.29) is 24.4 Å². The zero-order chi connectivity index (χ0) is 13.6. The van der Waals surface area contributed by atoms with Gasteiger partial charge < -0.3 is 10.6 Å². The monoisotopic (exact) mass is 246 g/mol. The van der Waals surface area contributed by atoms with Gasteiger partial charge >= 0.3 is 0 Å². The first-order valence-corrected chi connectivity index (χ1v) is 5.71. The van der Waals surface area contributed by atoms with Gasteiger partial charge in [0.05, 0.1) is 13.1 Å². The van der Waals surface area contributed by atoms with Crippen LogP contribution >= 0.6 is 0 Å². The number of nitrogens with zero attached hydrogens (tertiary/aromatic N) is 2. The summed E-state index contributed by atoms with van der Waals surface area (Å²) in [7, 11) is 0. The van der Waals surface area contributed by atoms with Crippen LogP contribution in [-0.4, -0.2) is 29.0 Å². The van der Waals surface area contributed by atoms with Crippen molar-refractivity contribution in [2.75, 3.05) is 18.4 Å². The Labute approximate surface area is 107 Å². The number of hydrogen-bond donors (Lipinski definition) is 2. The van der Waals surface area contributed by atoms with Gasteiger partial charge in [-0.2, -0.15) is 0 Å². The summed E-state index contributed by atoms with van der Waals surface area (Å²) in [5.41, 5.74) is -0.122. The van der Waals surface area contributed by atoms with E-state index in [4.69, 9.17) is 6.42 Å². The van der Waals surface area contributed by atoms with Gasteiger partial charge in [-0.3, -0.25) is 4.79 Å². The van der Waals surface area contributed by atoms with Crippen molar-refractivity contribution in [1.82, 2.24) is 15.3 Å². The quantitative estimate of drug-likeness (QED) is 0.776. The minimum Gasteiger partial charge on any atom is -0.361 e. The van der Waals surface area contributed by atoms with Gasteiger partial charge in [-0.15, -0.1) is 6.42 Å². The normalized spacial score (nSPS) is 10.6. The summed E-state index contributed by atoms with van der Waals surface area (Å²) < 4.78 is 0. The molecule has 0 aliphatic rings. The van der Waals surface area contributed by atoms with Gasteiger partial charge in [0.15, 0.2) is 0 Å². The SMILES string of the molecule is C#CCNC(=O)CNc1ccnc(C(C)(C)C)n1. The molecule has 0 atom stereocenters. The fourth-order valence-corrected chi connectivity index (χ4v) is 1.20. The van der Waals surface area contributed by atoms with E-state index >= 15 is 0 Å². The molecule has 18 heavy (non-hydrogen) atoms. The molecule has 0 unspecified atom stereocenters. The van der Waals surface area contributed by atoms with Crippen molar-refractivity contribution in [2.24, 2.45) is 0 Å². The maximum atomic E-state index is 11.3. The van der Waals surface area contributed by atoms with Gasteiger partial charge in [0.25, 0.3) is 0 Å². The first-order chi connectivity index (χ1) is 8.43. The molecule has 5 nitrogen and oxygen atoms in total. The van der Waals surface area contributed by atoms with E-state index in [1.54, 1.807) is 12.3 Å². The van der Waals surface area contributed by atoms with E-state index in [0.717, 1.165) is 5.82 Å². The second-order valence-corrected chi connectivity index (χ2v) is 4.85. The molecule has 0 saturated carbocycles. The average molecular weight is 246 g/mol. The van der Waals surface area contributed by atoms with Crippen LogP contribution in [0.2, 0.25) is 0 Å². The Morgan fingerprint density at radius 3 is 2.83 bits per heavy atom. The highest BCUT2D eigenvalue weighted by Crippen LogP contribution is 2.18. The molecule has 1 heterocycles. The standard InChI is InChI=1S/C13H18N4O/c1-5-7-14-11(18)9-16-10-6-8-15-12(17-10)13(2,3)4/h1,6,8H,7,9H2,2-4H3,(H,14,18)(H,15,16,17). The highest BCUT2D eigenvalue weighted by molar-refractivity contribution is 5.80. The first-order valence-electron chi connectivity index (χ1n) is 5.71. The van der Waals surface area contributed by atoms with E-state index in [0.29, 0.717) is 5.82 Å². The third-order valence-electron chi connectivity index (χ3n) is 2.14. The molecule has 0 aliphatic heterocycles. The van der Waals surface area contributed by atoms with E-state index in [1.165, 1.54) is 0 Å². The Balaban J connectivity index is 2.58. The van der Waals surface area contributed by atoms with Gasteiger partial charge in [-0.1, -0.05) is 26.7 Å². The lowest BCUT2D eigenvalue weighted by Gasteiger charge is -2.17. The summed E-state index contributed by atoms with van der Waals surface area (Å²) in [6.45, 7) is 6.48. The molecule has 96 valence electrons. The number of rotatable bonds is 4. The van der Waals surface area contributed by atoms with Crippen molar-refractivity contribution >= 4 is 11.7 Å². The molecular weight excluding hydrogens is 228 g/mol. The Hall–Kier alpha value is -2.09. The van der Waals surface area contributed by atoms with E-state index in [9.17, 15) is 4.79 Å². The molecule has 0 aliphatic carbocycles. The fourth-order valence-electron chi connectivity index (χ4n) is 1.20. The molecule has 0 bridgehead atoms. The summed E-state index contributed by atoms with van der Waals surface area (Å²) in [5.74, 6) is 3.54. The maximum Gasteiger partial charge on any atom is 0.240 e. The van der Waals surface area contributed by atoms with Crippen LogP contribution in [0.15, 0.2) is 12.3 Å². The van der Waals surface area contributed by atoms with Crippen molar-refractivity contribution < 1.29 is 4.79 Å². The van der Waals surface area contributed by atoms with Gasteiger partial charge in [-0.25, -0.2) is 9.97 Å². The molecule has 1 aromatic rings. The number of hydrogen-bond acceptors (Lipinski definition) is 4. The number of anilines is 1. The Morgan fingerprint density at radius 2 is 2.22 bits per heavy atom. The molecule has 5 heteroatoms. The molecule has 1 aromatic heterocycles. The van der Waals surface area contributed by atoms with E-state index in [2.05, 4.69) is 26.5 Å². The summed E-state index contributed by atoms with van der Waals surface area (Å²) in [5, 5.41) is 5.50. The van der Waals surface area contributed by atoms with Crippen molar-refractivity contribution in [3.63, 3.8) is 0 Å². The molecule has 1 rings (SSSR count). The van der Waals surface area contributed by atoms with E-state index < -0.39 is 0 Å². The lowest BCUT2D eigenvalue weighted by atomic mass is 9.96. The lowest BCUT2D eigenvalue weighted by Crippen LogP contribution is -2.30. The van der Waals surface area contributed by atoms with Gasteiger partial charge in [0, 0.05) is 11.6 Å². The number of carbonyl (C=O) groups excluding carboxylic acids is 1. The highest BCUT2D eigenvalue weighted by atomic mass is 16.1. The Kier molecular flexibility index (Phi) is 4.67. The van der Waals surface area contributed by atoms with E-state index in [1.807, 2.05) is 20.8 Å². The predicted molar refractivity (Wildman–Crippen MR) is 71.1 cm³/mol. The predicted octanol–water partition coefficient (Wildman–Crippen LogP) is 0.935. The van der Waals surface area contributed by atoms with Crippen LogP contribution < -0.4 is 10.6 Å². The van der Waals surface area contributed by atoms with Crippen molar-refractivity contribution in [2.45, 2.75) is 26.2 Å². The summed E-state index contributed by atoms with van der Waals surface area (Å²) in [6, 6.07) is 1.73.